The summed E-state index contributed by atoms with van der Waals surface area (Å²) in [5.41, 5.74) is 4.44. The highest BCUT2D eigenvalue weighted by molar-refractivity contribution is 5.91. The molecule has 2 N–H and O–H groups in total. The highest BCUT2D eigenvalue weighted by atomic mass is 16.2. The maximum atomic E-state index is 12.5. The minimum absolute atomic E-state index is 0.0849. The minimum atomic E-state index is -0.0849. The zero-order valence-electron chi connectivity index (χ0n) is 17.7. The molecule has 1 atom stereocenters. The van der Waals surface area contributed by atoms with Gasteiger partial charge in [0.05, 0.1) is 11.4 Å². The van der Waals surface area contributed by atoms with Crippen LogP contribution in [0.5, 0.6) is 0 Å². The van der Waals surface area contributed by atoms with Gasteiger partial charge in [0.15, 0.2) is 0 Å². The van der Waals surface area contributed by atoms with Crippen molar-refractivity contribution in [2.45, 2.75) is 70.4 Å². The van der Waals surface area contributed by atoms with E-state index in [1.165, 1.54) is 37.7 Å². The second-order valence-corrected chi connectivity index (χ2v) is 9.04. The number of allylic oxidation sites excluding steroid dienone is 3. The fourth-order valence-corrected chi connectivity index (χ4v) is 4.56. The Labute approximate surface area is 178 Å². The van der Waals surface area contributed by atoms with Crippen LogP contribution in [0, 0.1) is 5.92 Å². The molecule has 3 aliphatic carbocycles. The lowest BCUT2D eigenvalue weighted by Crippen LogP contribution is -2.32. The average molecular weight is 403 g/mol. The van der Waals surface area contributed by atoms with E-state index in [0.717, 1.165) is 47.3 Å². The third-order valence-electron chi connectivity index (χ3n) is 6.56. The monoisotopic (exact) mass is 402 g/mol. The van der Waals surface area contributed by atoms with Crippen molar-refractivity contribution in [3.8, 4) is 0 Å². The molecule has 1 aromatic carbocycles. The Morgan fingerprint density at radius 3 is 2.70 bits per heavy atom. The van der Waals surface area contributed by atoms with Crippen molar-refractivity contribution in [3.63, 3.8) is 0 Å². The van der Waals surface area contributed by atoms with Crippen LogP contribution in [0.25, 0.3) is 16.5 Å². The molecule has 2 aromatic rings. The zero-order chi connectivity index (χ0) is 20.5. The Kier molecular flexibility index (Phi) is 5.28. The Morgan fingerprint density at radius 2 is 1.90 bits per heavy atom. The first-order chi connectivity index (χ1) is 14.7. The molecule has 2 fully saturated rings. The van der Waals surface area contributed by atoms with Crippen LogP contribution in [-0.2, 0) is 4.79 Å². The Morgan fingerprint density at radius 1 is 1.07 bits per heavy atom. The van der Waals surface area contributed by atoms with Gasteiger partial charge in [0.25, 0.3) is 0 Å². The first kappa shape index (κ1) is 19.3. The quantitative estimate of drug-likeness (QED) is 0.738. The van der Waals surface area contributed by atoms with Gasteiger partial charge in [-0.2, -0.15) is 0 Å². The van der Waals surface area contributed by atoms with Crippen LogP contribution in [0.1, 0.15) is 63.9 Å². The highest BCUT2D eigenvalue weighted by Gasteiger charge is 2.28. The number of nitrogens with zero attached hydrogens (tertiary/aromatic N) is 2. The number of rotatable bonds is 5. The molecule has 0 saturated heterocycles. The number of hydrogen-bond acceptors (Lipinski definition) is 4. The van der Waals surface area contributed by atoms with Crippen LogP contribution < -0.4 is 10.6 Å². The lowest BCUT2D eigenvalue weighted by Gasteiger charge is -2.22. The number of benzene rings is 1. The van der Waals surface area contributed by atoms with E-state index in [1.54, 1.807) is 0 Å². The van der Waals surface area contributed by atoms with Crippen molar-refractivity contribution in [2.75, 3.05) is 5.32 Å². The topological polar surface area (TPSA) is 66.9 Å². The van der Waals surface area contributed by atoms with Gasteiger partial charge in [-0.3, -0.25) is 4.79 Å². The molecule has 5 nitrogen and oxygen atoms in total. The van der Waals surface area contributed by atoms with Crippen molar-refractivity contribution in [2.24, 2.45) is 5.92 Å². The Hall–Kier alpha value is -2.69. The van der Waals surface area contributed by atoms with E-state index in [4.69, 9.17) is 4.98 Å². The first-order valence-electron chi connectivity index (χ1n) is 11.4. The fourth-order valence-electron chi connectivity index (χ4n) is 4.56. The number of fused-ring (bicyclic) bond motifs is 1. The summed E-state index contributed by atoms with van der Waals surface area (Å²) in [5, 5.41) is 7.68. The maximum absolute atomic E-state index is 12.5. The Bertz CT molecular complexity index is 1010. The van der Waals surface area contributed by atoms with Crippen LogP contribution in [0.4, 0.5) is 5.95 Å². The van der Waals surface area contributed by atoms with E-state index in [-0.39, 0.29) is 11.8 Å². The van der Waals surface area contributed by atoms with Crippen LogP contribution in [-0.4, -0.2) is 28.0 Å². The van der Waals surface area contributed by atoms with E-state index in [9.17, 15) is 4.79 Å². The van der Waals surface area contributed by atoms with Crippen molar-refractivity contribution in [1.82, 2.24) is 15.3 Å². The number of carbonyl (C=O) groups is 1. The van der Waals surface area contributed by atoms with Gasteiger partial charge in [-0.05, 0) is 67.9 Å². The summed E-state index contributed by atoms with van der Waals surface area (Å²) < 4.78 is 0. The molecule has 30 heavy (non-hydrogen) atoms. The van der Waals surface area contributed by atoms with Gasteiger partial charge in [-0.1, -0.05) is 37.5 Å². The highest BCUT2D eigenvalue weighted by Crippen LogP contribution is 2.33. The van der Waals surface area contributed by atoms with Gasteiger partial charge < -0.3 is 10.6 Å². The predicted octanol–water partition coefficient (Wildman–Crippen LogP) is 5.00. The van der Waals surface area contributed by atoms with E-state index >= 15 is 0 Å². The van der Waals surface area contributed by atoms with E-state index in [2.05, 4.69) is 52.9 Å². The SMILES string of the molecule is CC1=CC[C@@H](C(=O)NC2CC2)C=C1c1ccc2nc(NC3CCCCC3)ncc2c1. The molecule has 5 heteroatoms. The van der Waals surface area contributed by atoms with Gasteiger partial charge in [0.1, 0.15) is 0 Å². The number of anilines is 1. The summed E-state index contributed by atoms with van der Waals surface area (Å²) in [7, 11) is 0. The smallest absolute Gasteiger partial charge is 0.227 e. The second kappa shape index (κ2) is 8.21. The molecule has 156 valence electrons. The van der Waals surface area contributed by atoms with Crippen molar-refractivity contribution < 1.29 is 4.79 Å². The predicted molar refractivity (Wildman–Crippen MR) is 121 cm³/mol. The van der Waals surface area contributed by atoms with Gasteiger partial charge >= 0.3 is 0 Å². The zero-order valence-corrected chi connectivity index (χ0v) is 17.7. The van der Waals surface area contributed by atoms with E-state index in [1.807, 2.05) is 6.20 Å². The van der Waals surface area contributed by atoms with E-state index in [0.29, 0.717) is 12.1 Å². The molecule has 0 spiro atoms. The molecular weight excluding hydrogens is 372 g/mol. The molecule has 1 aromatic heterocycles. The number of hydrogen-bond donors (Lipinski definition) is 2. The molecule has 0 radical (unpaired) electrons. The second-order valence-electron chi connectivity index (χ2n) is 9.04. The molecule has 0 unspecified atom stereocenters. The molecule has 1 amide bonds. The third kappa shape index (κ3) is 4.25. The normalized spacial score (nSPS) is 22.4. The molecular formula is C25H30N4O. The summed E-state index contributed by atoms with van der Waals surface area (Å²) in [6, 6.07) is 7.22. The molecule has 2 saturated carbocycles. The van der Waals surface area contributed by atoms with Gasteiger partial charge in [0, 0.05) is 23.7 Å². The van der Waals surface area contributed by atoms with E-state index < -0.39 is 0 Å². The molecule has 3 aliphatic rings. The largest absolute Gasteiger partial charge is 0.353 e. The van der Waals surface area contributed by atoms with Gasteiger partial charge in [-0.15, -0.1) is 0 Å². The number of carbonyl (C=O) groups excluding carboxylic acids is 1. The number of amides is 1. The number of aromatic nitrogens is 2. The molecule has 1 heterocycles. The number of nitrogens with one attached hydrogen (secondary N) is 2. The van der Waals surface area contributed by atoms with Gasteiger partial charge in [0.2, 0.25) is 11.9 Å². The standard InChI is InChI=1S/C25H30N4O/c1-16-7-8-18(24(30)27-21-10-11-21)14-22(16)17-9-12-23-19(13-17)15-26-25(29-23)28-20-5-3-2-4-6-20/h7,9,12-15,18,20-21H,2-6,8,10-11H2,1H3,(H,27,30)(H,26,28,29)/t18-/m1/s1. The molecule has 0 aliphatic heterocycles. The van der Waals surface area contributed by atoms with Crippen molar-refractivity contribution >= 4 is 28.3 Å². The minimum Gasteiger partial charge on any atom is -0.353 e. The van der Waals surface area contributed by atoms with Crippen LogP contribution >= 0.6 is 0 Å². The van der Waals surface area contributed by atoms with Crippen LogP contribution in [0.2, 0.25) is 0 Å². The van der Waals surface area contributed by atoms with Crippen LogP contribution in [0.15, 0.2) is 42.1 Å². The summed E-state index contributed by atoms with van der Waals surface area (Å²) in [5.74, 6) is 0.798. The molecule has 5 rings (SSSR count). The average Bonchev–Trinajstić information content (AvgIpc) is 3.58. The third-order valence-corrected chi connectivity index (χ3v) is 6.56. The summed E-state index contributed by atoms with van der Waals surface area (Å²) in [4.78, 5) is 21.8. The van der Waals surface area contributed by atoms with Gasteiger partial charge in [-0.25, -0.2) is 9.97 Å². The van der Waals surface area contributed by atoms with Crippen molar-refractivity contribution in [1.29, 1.82) is 0 Å². The summed E-state index contributed by atoms with van der Waals surface area (Å²) in [6.45, 7) is 2.12. The summed E-state index contributed by atoms with van der Waals surface area (Å²) >= 11 is 0. The fraction of sp³-hybridized carbons (Fsp3) is 0.480. The Balaban J connectivity index is 1.36. The van der Waals surface area contributed by atoms with Crippen LogP contribution in [0.3, 0.4) is 0 Å². The lowest BCUT2D eigenvalue weighted by atomic mass is 9.86. The lowest BCUT2D eigenvalue weighted by molar-refractivity contribution is -0.123. The summed E-state index contributed by atoms with van der Waals surface area (Å²) in [6.07, 6.45) is 15.6. The maximum Gasteiger partial charge on any atom is 0.227 e. The first-order valence-corrected chi connectivity index (χ1v) is 11.4. The molecule has 0 bridgehead atoms. The van der Waals surface area contributed by atoms with Crippen molar-refractivity contribution in [3.05, 3.63) is 47.7 Å².